The number of allylic oxidation sites excluding steroid dienone is 1. The first kappa shape index (κ1) is 78.5. The van der Waals surface area contributed by atoms with Crippen LogP contribution in [-0.2, 0) is 76.0 Å². The lowest BCUT2D eigenvalue weighted by Gasteiger charge is -2.58. The molecule has 4 rings (SSSR count). The van der Waals surface area contributed by atoms with Crippen molar-refractivity contribution in [3.63, 3.8) is 0 Å². The molecule has 0 aliphatic heterocycles. The number of alkyl carbamates (subject to hydrolysis) is 1. The number of carbonyl (C=O) groups excluding carboxylic acids is 5. The molecule has 4 aliphatic rings. The maximum Gasteiger partial charge on any atom is 0.426 e. The zero-order valence-electron chi connectivity index (χ0n) is 55.8. The normalized spacial score (nSPS) is 22.4. The van der Waals surface area contributed by atoms with E-state index in [4.69, 9.17) is 61.6 Å². The third-order valence-electron chi connectivity index (χ3n) is 17.1. The van der Waals surface area contributed by atoms with Gasteiger partial charge < -0.3 is 77.5 Å². The van der Waals surface area contributed by atoms with Gasteiger partial charge in [-0.15, -0.1) is 0 Å². The van der Waals surface area contributed by atoms with Gasteiger partial charge in [0, 0.05) is 45.6 Å². The van der Waals surface area contributed by atoms with Crippen LogP contribution >= 0.6 is 0 Å². The highest BCUT2D eigenvalue weighted by Gasteiger charge is 2.59. The van der Waals surface area contributed by atoms with Crippen LogP contribution in [0.2, 0.25) is 0 Å². The molecule has 0 heterocycles. The summed E-state index contributed by atoms with van der Waals surface area (Å²) in [6, 6.07) is 0. The van der Waals surface area contributed by atoms with Gasteiger partial charge in [0.2, 0.25) is 17.7 Å². The van der Waals surface area contributed by atoms with Crippen molar-refractivity contribution < 1.29 is 85.6 Å². The molecule has 3 saturated carbocycles. The second-order valence-corrected chi connectivity index (χ2v) is 25.2. The summed E-state index contributed by atoms with van der Waals surface area (Å²) in [4.78, 5) is 59.7. The molecule has 5 N–H and O–H groups in total. The number of hydrogen-bond donors (Lipinski definition) is 5. The van der Waals surface area contributed by atoms with Crippen LogP contribution in [0.3, 0.4) is 0 Å². The zero-order chi connectivity index (χ0) is 64.3. The number of amides is 5. The topological polar surface area (TPSA) is 265 Å². The highest BCUT2D eigenvalue weighted by atomic mass is 16.6. The molecule has 4 aliphatic carbocycles. The Kier molecular flexibility index (Phi) is 41.3. The SMILES string of the molecule is CCOCCOCCOCCOCCNC(=O)CNC(=O)OC1CC[C@@]2(C)C(=CC[C@H]3[C@@H]4CC[C@H]([C@H](C)CCCC(C)C)[C@@]4(C)CC[C@@H]32)C1.CCOCCOCCOCCOCCOCCOCCOCCNC(=O)CCC(=O)NNC(=O)OC(C)(C)C. The molecule has 23 nitrogen and oxygen atoms in total. The molecule has 3 fully saturated rings. The first-order valence-electron chi connectivity index (χ1n) is 33.1. The molecule has 88 heavy (non-hydrogen) atoms. The van der Waals surface area contributed by atoms with Crippen molar-refractivity contribution in [2.24, 2.45) is 46.3 Å². The Hall–Kier alpha value is -3.75. The predicted molar refractivity (Wildman–Crippen MR) is 334 cm³/mol. The molecule has 8 atom stereocenters. The fourth-order valence-electron chi connectivity index (χ4n) is 12.8. The zero-order valence-corrected chi connectivity index (χ0v) is 55.8. The van der Waals surface area contributed by atoms with Crippen molar-refractivity contribution in [3.8, 4) is 0 Å². The van der Waals surface area contributed by atoms with E-state index in [-0.39, 0.29) is 42.7 Å². The lowest BCUT2D eigenvalue weighted by atomic mass is 9.47. The van der Waals surface area contributed by atoms with Crippen LogP contribution in [0, 0.1) is 46.3 Å². The van der Waals surface area contributed by atoms with Crippen LogP contribution in [0.4, 0.5) is 9.59 Å². The maximum absolute atomic E-state index is 12.6. The Balaban J connectivity index is 0.000000474. The molecule has 512 valence electrons. The molecule has 5 amide bonds. The largest absolute Gasteiger partial charge is 0.446 e. The molecule has 0 radical (unpaired) electrons. The number of ether oxygens (including phenoxy) is 13. The summed E-state index contributed by atoms with van der Waals surface area (Å²) in [5.74, 6) is 3.83. The van der Waals surface area contributed by atoms with Crippen LogP contribution < -0.4 is 26.8 Å². The Morgan fingerprint density at radius 1 is 0.534 bits per heavy atom. The summed E-state index contributed by atoms with van der Waals surface area (Å²) in [6.45, 7) is 33.1. The van der Waals surface area contributed by atoms with Gasteiger partial charge >= 0.3 is 12.2 Å². The Morgan fingerprint density at radius 2 is 1.01 bits per heavy atom. The van der Waals surface area contributed by atoms with Crippen molar-refractivity contribution in [2.45, 2.75) is 164 Å². The minimum Gasteiger partial charge on any atom is -0.446 e. The smallest absolute Gasteiger partial charge is 0.426 e. The van der Waals surface area contributed by atoms with E-state index in [1.54, 1.807) is 20.8 Å². The first-order chi connectivity index (χ1) is 42.3. The van der Waals surface area contributed by atoms with E-state index >= 15 is 0 Å². The number of fused-ring (bicyclic) bond motifs is 5. The average Bonchev–Trinajstić information content (AvgIpc) is 1.34. The molecule has 0 spiro atoms. The van der Waals surface area contributed by atoms with Gasteiger partial charge in [0.05, 0.1) is 139 Å². The third kappa shape index (κ3) is 33.5. The van der Waals surface area contributed by atoms with Gasteiger partial charge in [0.15, 0.2) is 0 Å². The van der Waals surface area contributed by atoms with Crippen molar-refractivity contribution in [2.75, 3.05) is 165 Å². The van der Waals surface area contributed by atoms with E-state index in [0.29, 0.717) is 164 Å². The Morgan fingerprint density at radius 3 is 1.50 bits per heavy atom. The average molecular weight is 1260 g/mol. The highest BCUT2D eigenvalue weighted by molar-refractivity contribution is 5.84. The van der Waals surface area contributed by atoms with Gasteiger partial charge in [-0.2, -0.15) is 0 Å². The van der Waals surface area contributed by atoms with E-state index in [2.05, 4.69) is 67.5 Å². The summed E-state index contributed by atoms with van der Waals surface area (Å²) in [5.41, 5.74) is 5.85. The van der Waals surface area contributed by atoms with Crippen LogP contribution in [-0.4, -0.2) is 207 Å². The molecule has 1 unspecified atom stereocenters. The van der Waals surface area contributed by atoms with Crippen LogP contribution in [0.5, 0.6) is 0 Å². The maximum atomic E-state index is 12.6. The van der Waals surface area contributed by atoms with Gasteiger partial charge in [0.25, 0.3) is 0 Å². The number of hydrogen-bond acceptors (Lipinski definition) is 18. The standard InChI is InChI=1S/C40H70N2O7.C25H49N3O11/c1-7-45-21-22-47-25-26-48-24-23-46-20-19-41-37(43)28-42-38(44)49-32-15-17-39(5)31(27-32)11-12-33-35-14-13-34(30(4)10-8-9-29(2)3)40(35,6)18-16-36(33)39;1-5-32-10-11-34-14-15-36-18-19-38-21-20-37-17-16-35-13-12-33-9-8-26-22(29)6-7-23(30)27-28-24(31)39-25(2,3)4/h11,29-30,32-36H,7-10,12-28H2,1-6H3,(H,41,43)(H,42,44);5-21H2,1-4H3,(H,26,29)(H,27,30)(H,28,31)/t30-,32?,33+,34-,35+,36+,39+,40-;/m1./s1. The van der Waals surface area contributed by atoms with Crippen molar-refractivity contribution in [1.29, 1.82) is 0 Å². The highest BCUT2D eigenvalue weighted by Crippen LogP contribution is 2.67. The molecular formula is C65H119N5O18. The van der Waals surface area contributed by atoms with Crippen LogP contribution in [0.15, 0.2) is 11.6 Å². The summed E-state index contributed by atoms with van der Waals surface area (Å²) in [7, 11) is 0. The fraction of sp³-hybridized carbons (Fsp3) is 0.892. The molecule has 23 heteroatoms. The minimum absolute atomic E-state index is 0.0189. The summed E-state index contributed by atoms with van der Waals surface area (Å²) in [6.07, 6.45) is 14.6. The van der Waals surface area contributed by atoms with E-state index in [9.17, 15) is 24.0 Å². The Bertz CT molecular complexity index is 1930. The first-order valence-corrected chi connectivity index (χ1v) is 33.1. The fourth-order valence-corrected chi connectivity index (χ4v) is 12.8. The third-order valence-corrected chi connectivity index (χ3v) is 17.1. The van der Waals surface area contributed by atoms with Gasteiger partial charge in [-0.05, 0) is 126 Å². The van der Waals surface area contributed by atoms with Crippen molar-refractivity contribution >= 4 is 29.9 Å². The second kappa shape index (κ2) is 46.3. The summed E-state index contributed by atoms with van der Waals surface area (Å²) < 4.78 is 69.9. The van der Waals surface area contributed by atoms with Crippen LogP contribution in [0.25, 0.3) is 0 Å². The molecule has 0 aromatic heterocycles. The van der Waals surface area contributed by atoms with Crippen molar-refractivity contribution in [1.82, 2.24) is 26.8 Å². The van der Waals surface area contributed by atoms with E-state index in [1.807, 2.05) is 13.8 Å². The van der Waals surface area contributed by atoms with Gasteiger partial charge in [-0.1, -0.05) is 65.5 Å². The predicted octanol–water partition coefficient (Wildman–Crippen LogP) is 7.90. The quantitative estimate of drug-likeness (QED) is 0.0220. The summed E-state index contributed by atoms with van der Waals surface area (Å²) >= 11 is 0. The number of rotatable bonds is 46. The van der Waals surface area contributed by atoms with Gasteiger partial charge in [-0.3, -0.25) is 19.8 Å². The number of carbonyl (C=O) groups is 5. The molecular weight excluding hydrogens is 1140 g/mol. The number of nitrogens with one attached hydrogen (secondary N) is 5. The molecule has 0 saturated heterocycles. The molecule has 0 aromatic carbocycles. The molecule has 0 bridgehead atoms. The monoisotopic (exact) mass is 1260 g/mol. The van der Waals surface area contributed by atoms with Gasteiger partial charge in [0.1, 0.15) is 11.7 Å². The molecule has 0 aromatic rings. The van der Waals surface area contributed by atoms with E-state index < -0.39 is 23.7 Å². The second-order valence-electron chi connectivity index (χ2n) is 25.2. The van der Waals surface area contributed by atoms with E-state index in [0.717, 1.165) is 54.8 Å². The van der Waals surface area contributed by atoms with E-state index in [1.165, 1.54) is 56.9 Å². The lowest BCUT2D eigenvalue weighted by molar-refractivity contribution is -0.127. The van der Waals surface area contributed by atoms with Crippen LogP contribution in [0.1, 0.15) is 153 Å². The van der Waals surface area contributed by atoms with Gasteiger partial charge in [-0.25, -0.2) is 15.0 Å². The Labute approximate surface area is 527 Å². The number of hydrazine groups is 1. The summed E-state index contributed by atoms with van der Waals surface area (Å²) in [5, 5.41) is 8.06. The van der Waals surface area contributed by atoms with Crippen molar-refractivity contribution in [3.05, 3.63) is 11.6 Å². The lowest BCUT2D eigenvalue weighted by Crippen LogP contribution is -2.51. The minimum atomic E-state index is -0.775.